The molecule has 0 aliphatic heterocycles. The smallest absolute Gasteiger partial charge is 0.168 e. The van der Waals surface area contributed by atoms with Gasteiger partial charge in [-0.05, 0) is 18.2 Å². The van der Waals surface area contributed by atoms with Crippen molar-refractivity contribution in [2.45, 2.75) is 54.6 Å². The van der Waals surface area contributed by atoms with Gasteiger partial charge >= 0.3 is 0 Å². The van der Waals surface area contributed by atoms with Gasteiger partial charge in [0.25, 0.3) is 0 Å². The summed E-state index contributed by atoms with van der Waals surface area (Å²) in [5, 5.41) is 0. The summed E-state index contributed by atoms with van der Waals surface area (Å²) in [5.41, 5.74) is 3.15. The number of benzene rings is 2. The molecule has 0 atom stereocenters. The van der Waals surface area contributed by atoms with E-state index >= 15 is 0 Å². The average Bonchev–Trinajstić information content (AvgIpc) is 2.60. The minimum absolute atomic E-state index is 0.164. The van der Waals surface area contributed by atoms with Gasteiger partial charge in [-0.25, -0.2) is 0 Å². The number of Topliss-reactive ketones (excluding diaryl/α,β-unsaturated/α-hetero) is 2. The molecule has 28 heavy (non-hydrogen) atoms. The Hall–Kier alpha value is -2.26. The van der Waals surface area contributed by atoms with Gasteiger partial charge in [0.05, 0.1) is 0 Å². The highest BCUT2D eigenvalue weighted by Gasteiger charge is 2.23. The molecule has 2 aromatic carbocycles. The van der Waals surface area contributed by atoms with Crippen molar-refractivity contribution in [3.8, 4) is 0 Å². The Morgan fingerprint density at radius 2 is 0.929 bits per heavy atom. The van der Waals surface area contributed by atoms with Gasteiger partial charge in [0.15, 0.2) is 11.6 Å². The number of nitrogens with zero attached hydrogens (tertiary/aromatic N) is 1. The topological polar surface area (TPSA) is 37.4 Å². The third-order valence-corrected chi connectivity index (χ3v) is 4.70. The van der Waals surface area contributed by atoms with Crippen LogP contribution in [0, 0.1) is 10.8 Å². The summed E-state index contributed by atoms with van der Waals surface area (Å²) in [6, 6.07) is 15.8. The zero-order valence-electron chi connectivity index (χ0n) is 18.3. The first kappa shape index (κ1) is 22.0. The van der Waals surface area contributed by atoms with E-state index in [4.69, 9.17) is 0 Å². The minimum Gasteiger partial charge on any atom is -0.298 e. The Bertz CT molecular complexity index is 747. The molecule has 2 rings (SSSR count). The lowest BCUT2D eigenvalue weighted by Gasteiger charge is -2.19. The molecule has 0 aromatic heterocycles. The highest BCUT2D eigenvalue weighted by atomic mass is 16.1. The molecule has 0 saturated heterocycles. The van der Waals surface area contributed by atoms with E-state index < -0.39 is 0 Å². The summed E-state index contributed by atoms with van der Waals surface area (Å²) in [5.74, 6) is 0.328. The van der Waals surface area contributed by atoms with Crippen LogP contribution >= 0.6 is 0 Å². The fourth-order valence-corrected chi connectivity index (χ4v) is 3.07. The van der Waals surface area contributed by atoms with Gasteiger partial charge in [0.1, 0.15) is 0 Å². The second-order valence-corrected chi connectivity index (χ2v) is 9.72. The number of carbonyl (C=O) groups excluding carboxylic acids is 2. The summed E-state index contributed by atoms with van der Waals surface area (Å²) in [4.78, 5) is 26.9. The van der Waals surface area contributed by atoms with Crippen molar-refractivity contribution >= 4 is 11.6 Å². The SMILES string of the molecule is CN(Cc1ccc(C(=O)C(C)(C)C)cc1)Cc1ccc(C(=O)C(C)(C)C)cc1. The van der Waals surface area contributed by atoms with Crippen molar-refractivity contribution in [1.29, 1.82) is 0 Å². The van der Waals surface area contributed by atoms with Gasteiger partial charge in [0.2, 0.25) is 0 Å². The summed E-state index contributed by atoms with van der Waals surface area (Å²) in [6.45, 7) is 13.2. The molecule has 0 unspecified atom stereocenters. The van der Waals surface area contributed by atoms with Crippen LogP contribution in [-0.2, 0) is 13.1 Å². The Labute approximate surface area is 169 Å². The molecule has 0 aliphatic carbocycles. The zero-order valence-corrected chi connectivity index (χ0v) is 18.3. The third-order valence-electron chi connectivity index (χ3n) is 4.70. The van der Waals surface area contributed by atoms with Crippen LogP contribution in [0.25, 0.3) is 0 Å². The van der Waals surface area contributed by atoms with Crippen LogP contribution < -0.4 is 0 Å². The van der Waals surface area contributed by atoms with Crippen LogP contribution in [0.2, 0.25) is 0 Å². The van der Waals surface area contributed by atoms with E-state index in [-0.39, 0.29) is 22.4 Å². The molecule has 0 N–H and O–H groups in total. The molecule has 0 spiro atoms. The van der Waals surface area contributed by atoms with Crippen LogP contribution in [0.3, 0.4) is 0 Å². The van der Waals surface area contributed by atoms with Crippen LogP contribution in [0.5, 0.6) is 0 Å². The van der Waals surface area contributed by atoms with Gasteiger partial charge in [-0.15, -0.1) is 0 Å². The number of hydrogen-bond donors (Lipinski definition) is 0. The van der Waals surface area contributed by atoms with Crippen LogP contribution in [-0.4, -0.2) is 23.5 Å². The van der Waals surface area contributed by atoms with Crippen molar-refractivity contribution in [2.75, 3.05) is 7.05 Å². The van der Waals surface area contributed by atoms with E-state index in [1.807, 2.05) is 90.1 Å². The maximum Gasteiger partial charge on any atom is 0.168 e. The number of ketones is 2. The van der Waals surface area contributed by atoms with Gasteiger partial charge in [-0.3, -0.25) is 14.5 Å². The summed E-state index contributed by atoms with van der Waals surface area (Å²) >= 11 is 0. The minimum atomic E-state index is -0.362. The Morgan fingerprint density at radius 1 is 0.643 bits per heavy atom. The number of carbonyl (C=O) groups is 2. The van der Waals surface area contributed by atoms with Gasteiger partial charge < -0.3 is 0 Å². The molecular formula is C25H33NO2. The molecule has 0 bridgehead atoms. The quantitative estimate of drug-likeness (QED) is 0.597. The van der Waals surface area contributed by atoms with Crippen molar-refractivity contribution < 1.29 is 9.59 Å². The summed E-state index contributed by atoms with van der Waals surface area (Å²) in [6.07, 6.45) is 0. The van der Waals surface area contributed by atoms with Crippen molar-refractivity contribution in [1.82, 2.24) is 4.90 Å². The highest BCUT2D eigenvalue weighted by Crippen LogP contribution is 2.22. The molecular weight excluding hydrogens is 346 g/mol. The first-order valence-electron chi connectivity index (χ1n) is 9.84. The molecule has 0 fully saturated rings. The lowest BCUT2D eigenvalue weighted by atomic mass is 9.86. The maximum atomic E-state index is 12.3. The average molecular weight is 380 g/mol. The molecule has 0 aliphatic rings. The van der Waals surface area contributed by atoms with E-state index in [2.05, 4.69) is 11.9 Å². The van der Waals surface area contributed by atoms with E-state index in [9.17, 15) is 9.59 Å². The van der Waals surface area contributed by atoms with E-state index in [0.29, 0.717) is 0 Å². The molecule has 0 saturated carbocycles. The largest absolute Gasteiger partial charge is 0.298 e. The van der Waals surface area contributed by atoms with Gasteiger partial charge in [-0.2, -0.15) is 0 Å². The Balaban J connectivity index is 1.98. The first-order chi connectivity index (χ1) is 12.9. The maximum absolute atomic E-state index is 12.3. The normalized spacial score (nSPS) is 12.3. The molecule has 3 nitrogen and oxygen atoms in total. The number of rotatable bonds is 6. The number of hydrogen-bond acceptors (Lipinski definition) is 3. The second kappa shape index (κ2) is 8.40. The van der Waals surface area contributed by atoms with Crippen molar-refractivity contribution in [3.63, 3.8) is 0 Å². The predicted molar refractivity (Wildman–Crippen MR) is 116 cm³/mol. The van der Waals surface area contributed by atoms with Gasteiger partial charge in [-0.1, -0.05) is 90.1 Å². The van der Waals surface area contributed by atoms with E-state index in [0.717, 1.165) is 24.2 Å². The molecule has 3 heteroatoms. The van der Waals surface area contributed by atoms with Crippen molar-refractivity contribution in [2.24, 2.45) is 10.8 Å². The molecule has 0 amide bonds. The van der Waals surface area contributed by atoms with Crippen LogP contribution in [0.4, 0.5) is 0 Å². The first-order valence-corrected chi connectivity index (χ1v) is 9.84. The second-order valence-electron chi connectivity index (χ2n) is 9.72. The summed E-state index contributed by atoms with van der Waals surface area (Å²) in [7, 11) is 2.07. The fraction of sp³-hybridized carbons (Fsp3) is 0.440. The predicted octanol–water partition coefficient (Wildman–Crippen LogP) is 5.78. The lowest BCUT2D eigenvalue weighted by Crippen LogP contribution is -2.21. The van der Waals surface area contributed by atoms with Gasteiger partial charge in [0, 0.05) is 35.0 Å². The highest BCUT2D eigenvalue weighted by molar-refractivity contribution is 6.00. The van der Waals surface area contributed by atoms with Crippen LogP contribution in [0.15, 0.2) is 48.5 Å². The Morgan fingerprint density at radius 3 is 1.18 bits per heavy atom. The fourth-order valence-electron chi connectivity index (χ4n) is 3.07. The zero-order chi connectivity index (χ0) is 21.1. The molecule has 0 heterocycles. The lowest BCUT2D eigenvalue weighted by molar-refractivity contribution is 0.0852. The standard InChI is InChI=1S/C25H33NO2/c1-24(2,3)22(27)20-12-8-18(9-13-20)16-26(7)17-19-10-14-21(15-11-19)23(28)25(4,5)6/h8-15H,16-17H2,1-7H3. The van der Waals surface area contributed by atoms with E-state index in [1.165, 1.54) is 11.1 Å². The van der Waals surface area contributed by atoms with Crippen molar-refractivity contribution in [3.05, 3.63) is 70.8 Å². The third kappa shape index (κ3) is 5.87. The van der Waals surface area contributed by atoms with E-state index in [1.54, 1.807) is 0 Å². The van der Waals surface area contributed by atoms with Crippen LogP contribution in [0.1, 0.15) is 73.4 Å². The Kier molecular flexibility index (Phi) is 6.61. The summed E-state index contributed by atoms with van der Waals surface area (Å²) < 4.78 is 0. The molecule has 0 radical (unpaired) electrons. The monoisotopic (exact) mass is 379 g/mol. The molecule has 150 valence electrons. The molecule has 2 aromatic rings.